The maximum Gasteiger partial charge on any atom is 0.331 e. The summed E-state index contributed by atoms with van der Waals surface area (Å²) in [5, 5.41) is 8.79. The highest BCUT2D eigenvalue weighted by molar-refractivity contribution is 6.69. The smallest absolute Gasteiger partial charge is 0.331 e. The average Bonchev–Trinajstić information content (AvgIpc) is 2.00. The fraction of sp³-hybridized carbons (Fsp3) is 0.667. The molecule has 0 aliphatic rings. The summed E-state index contributed by atoms with van der Waals surface area (Å²) < 4.78 is -1.63. The molecule has 0 heterocycles. The predicted molar refractivity (Wildman–Crippen MR) is 60.2 cm³/mol. The first-order chi connectivity index (χ1) is 6.37. The Hall–Kier alpha value is 0.0800. The van der Waals surface area contributed by atoms with Crippen LogP contribution in [0.2, 0.25) is 0 Å². The van der Waals surface area contributed by atoms with Gasteiger partial charge in [-0.05, 0) is 18.9 Å². The van der Waals surface area contributed by atoms with Gasteiger partial charge in [0.05, 0.1) is 0 Å². The number of hydrogen-bond donors (Lipinski definition) is 1. The van der Waals surface area contributed by atoms with Crippen LogP contribution in [-0.2, 0) is 4.79 Å². The molecule has 0 aromatic rings. The molecular weight excluding hydrogens is 246 g/mol. The van der Waals surface area contributed by atoms with E-state index in [4.69, 9.17) is 39.9 Å². The SMILES string of the molecule is CCCCCC(=CC(Cl)(Cl)Cl)C(=O)O. The van der Waals surface area contributed by atoms with Gasteiger partial charge >= 0.3 is 5.97 Å². The Labute approximate surface area is 98.8 Å². The van der Waals surface area contributed by atoms with Gasteiger partial charge in [-0.1, -0.05) is 54.6 Å². The Morgan fingerprint density at radius 2 is 1.93 bits per heavy atom. The van der Waals surface area contributed by atoms with Crippen molar-refractivity contribution in [2.24, 2.45) is 0 Å². The van der Waals surface area contributed by atoms with Gasteiger partial charge in [-0.2, -0.15) is 0 Å². The van der Waals surface area contributed by atoms with Crippen LogP contribution in [0.15, 0.2) is 11.6 Å². The number of unbranched alkanes of at least 4 members (excludes halogenated alkanes) is 2. The van der Waals surface area contributed by atoms with Crippen LogP contribution in [-0.4, -0.2) is 14.9 Å². The molecule has 14 heavy (non-hydrogen) atoms. The van der Waals surface area contributed by atoms with E-state index >= 15 is 0 Å². The first-order valence-electron chi connectivity index (χ1n) is 4.38. The van der Waals surface area contributed by atoms with Crippen LogP contribution in [0.1, 0.15) is 32.6 Å². The molecule has 0 aromatic heterocycles. The van der Waals surface area contributed by atoms with Gasteiger partial charge in [0, 0.05) is 5.57 Å². The highest BCUT2D eigenvalue weighted by Crippen LogP contribution is 2.30. The maximum absolute atomic E-state index is 10.7. The molecule has 0 amide bonds. The van der Waals surface area contributed by atoms with Gasteiger partial charge in [-0.3, -0.25) is 0 Å². The number of alkyl halides is 3. The maximum atomic E-state index is 10.7. The molecule has 0 atom stereocenters. The summed E-state index contributed by atoms with van der Waals surface area (Å²) in [6, 6.07) is 0. The first kappa shape index (κ1) is 14.1. The Morgan fingerprint density at radius 1 is 1.36 bits per heavy atom. The first-order valence-corrected chi connectivity index (χ1v) is 5.52. The minimum Gasteiger partial charge on any atom is -0.478 e. The predicted octanol–water partition coefficient (Wildman–Crippen LogP) is 3.95. The molecule has 0 bridgehead atoms. The van der Waals surface area contributed by atoms with Gasteiger partial charge in [0.15, 0.2) is 0 Å². The molecule has 0 aliphatic carbocycles. The van der Waals surface area contributed by atoms with Crippen LogP contribution in [0.4, 0.5) is 0 Å². The number of allylic oxidation sites excluding steroid dienone is 1. The Morgan fingerprint density at radius 3 is 2.29 bits per heavy atom. The van der Waals surface area contributed by atoms with Gasteiger partial charge in [0.1, 0.15) is 0 Å². The van der Waals surface area contributed by atoms with Crippen LogP contribution in [0.5, 0.6) is 0 Å². The minimum absolute atomic E-state index is 0.165. The molecule has 0 rings (SSSR count). The molecule has 0 radical (unpaired) electrons. The van der Waals surface area contributed by atoms with Crippen molar-refractivity contribution in [2.75, 3.05) is 0 Å². The van der Waals surface area contributed by atoms with Gasteiger partial charge in [0.25, 0.3) is 0 Å². The number of aliphatic carboxylic acids is 1. The van der Waals surface area contributed by atoms with Crippen LogP contribution in [0, 0.1) is 0 Å². The van der Waals surface area contributed by atoms with Crippen LogP contribution < -0.4 is 0 Å². The van der Waals surface area contributed by atoms with Crippen LogP contribution in [0.25, 0.3) is 0 Å². The van der Waals surface area contributed by atoms with Crippen molar-refractivity contribution in [3.63, 3.8) is 0 Å². The quantitative estimate of drug-likeness (QED) is 0.461. The second kappa shape index (κ2) is 6.54. The summed E-state index contributed by atoms with van der Waals surface area (Å²) >= 11 is 16.4. The van der Waals surface area contributed by atoms with Gasteiger partial charge in [-0.25, -0.2) is 4.79 Å². The Bertz CT molecular complexity index is 219. The zero-order valence-electron chi connectivity index (χ0n) is 7.90. The van der Waals surface area contributed by atoms with Crippen molar-refractivity contribution in [1.82, 2.24) is 0 Å². The molecule has 0 saturated heterocycles. The zero-order chi connectivity index (χ0) is 11.2. The Balaban J connectivity index is 4.31. The summed E-state index contributed by atoms with van der Waals surface area (Å²) in [4.78, 5) is 10.7. The molecule has 0 saturated carbocycles. The molecule has 0 unspecified atom stereocenters. The van der Waals surface area contributed by atoms with Crippen molar-refractivity contribution in [2.45, 2.75) is 36.4 Å². The summed E-state index contributed by atoms with van der Waals surface area (Å²) in [6.07, 6.45) is 4.41. The largest absolute Gasteiger partial charge is 0.478 e. The number of rotatable bonds is 5. The summed E-state index contributed by atoms with van der Waals surface area (Å²) in [5.41, 5.74) is 0.165. The summed E-state index contributed by atoms with van der Waals surface area (Å²) in [5.74, 6) is -1.02. The molecule has 0 aromatic carbocycles. The normalized spacial score (nSPS) is 13.0. The summed E-state index contributed by atoms with van der Waals surface area (Å²) in [7, 11) is 0. The van der Waals surface area contributed by atoms with E-state index in [2.05, 4.69) is 0 Å². The zero-order valence-corrected chi connectivity index (χ0v) is 10.2. The number of hydrogen-bond acceptors (Lipinski definition) is 1. The standard InChI is InChI=1S/C9H13Cl3O2/c1-2-3-4-5-7(8(13)14)6-9(10,11)12/h6H,2-5H2,1H3,(H,13,14). The Kier molecular flexibility index (Phi) is 6.58. The monoisotopic (exact) mass is 258 g/mol. The van der Waals surface area contributed by atoms with Crippen LogP contribution in [0.3, 0.4) is 0 Å². The highest BCUT2D eigenvalue weighted by atomic mass is 35.6. The second-order valence-corrected chi connectivity index (χ2v) is 5.34. The van der Waals surface area contributed by atoms with E-state index < -0.39 is 9.76 Å². The topological polar surface area (TPSA) is 37.3 Å². The van der Waals surface area contributed by atoms with Crippen molar-refractivity contribution >= 4 is 40.8 Å². The van der Waals surface area contributed by atoms with Crippen molar-refractivity contribution in [1.29, 1.82) is 0 Å². The molecular formula is C9H13Cl3O2. The number of carbonyl (C=O) groups is 1. The molecule has 2 nitrogen and oxygen atoms in total. The van der Waals surface area contributed by atoms with Crippen molar-refractivity contribution in [3.05, 3.63) is 11.6 Å². The number of carboxylic acid groups (broad SMARTS) is 1. The van der Waals surface area contributed by atoms with Gasteiger partial charge < -0.3 is 5.11 Å². The van der Waals surface area contributed by atoms with E-state index in [9.17, 15) is 4.79 Å². The van der Waals surface area contributed by atoms with E-state index in [1.165, 1.54) is 0 Å². The lowest BCUT2D eigenvalue weighted by Crippen LogP contribution is -2.06. The fourth-order valence-electron chi connectivity index (χ4n) is 1.00. The van der Waals surface area contributed by atoms with E-state index in [-0.39, 0.29) is 5.57 Å². The molecule has 0 aliphatic heterocycles. The third-order valence-electron chi connectivity index (χ3n) is 1.66. The molecule has 0 spiro atoms. The van der Waals surface area contributed by atoms with Crippen molar-refractivity contribution < 1.29 is 9.90 Å². The third kappa shape index (κ3) is 7.48. The average molecular weight is 260 g/mol. The van der Waals surface area contributed by atoms with E-state index in [1.54, 1.807) is 0 Å². The lowest BCUT2D eigenvalue weighted by Gasteiger charge is -2.07. The van der Waals surface area contributed by atoms with Crippen LogP contribution >= 0.6 is 34.8 Å². The van der Waals surface area contributed by atoms with Gasteiger partial charge in [-0.15, -0.1) is 0 Å². The minimum atomic E-state index is -1.63. The van der Waals surface area contributed by atoms with Gasteiger partial charge in [0.2, 0.25) is 3.79 Å². The lowest BCUT2D eigenvalue weighted by atomic mass is 10.1. The summed E-state index contributed by atoms with van der Waals surface area (Å²) in [6.45, 7) is 2.04. The number of halogens is 3. The number of carboxylic acids is 1. The van der Waals surface area contributed by atoms with E-state index in [1.807, 2.05) is 6.92 Å². The highest BCUT2D eigenvalue weighted by Gasteiger charge is 2.19. The molecule has 1 N–H and O–H groups in total. The fourth-order valence-corrected chi connectivity index (χ4v) is 1.40. The van der Waals surface area contributed by atoms with E-state index in [0.29, 0.717) is 6.42 Å². The second-order valence-electron chi connectivity index (χ2n) is 2.97. The third-order valence-corrected chi connectivity index (χ3v) is 1.99. The molecule has 5 heteroatoms. The molecule has 0 fully saturated rings. The van der Waals surface area contributed by atoms with E-state index in [0.717, 1.165) is 25.3 Å². The lowest BCUT2D eigenvalue weighted by molar-refractivity contribution is -0.132. The molecule has 82 valence electrons. The van der Waals surface area contributed by atoms with Crippen molar-refractivity contribution in [3.8, 4) is 0 Å².